The number of nitrogens with zero attached hydrogens (tertiary/aromatic N) is 3. The van der Waals surface area contributed by atoms with E-state index in [0.717, 1.165) is 11.1 Å². The maximum Gasteiger partial charge on any atom is 0.311 e. The van der Waals surface area contributed by atoms with Gasteiger partial charge in [0.1, 0.15) is 23.8 Å². The zero-order chi connectivity index (χ0) is 43.7. The van der Waals surface area contributed by atoms with Crippen LogP contribution in [0.3, 0.4) is 0 Å². The zero-order valence-electron chi connectivity index (χ0n) is 35.6. The first-order valence-electron chi connectivity index (χ1n) is 21.6. The maximum atomic E-state index is 13.7. The lowest BCUT2D eigenvalue weighted by atomic mass is 9.65. The van der Waals surface area contributed by atoms with Crippen LogP contribution in [0.1, 0.15) is 91.5 Å². The summed E-state index contributed by atoms with van der Waals surface area (Å²) in [5, 5.41) is 26.7. The number of rotatable bonds is 19. The summed E-state index contributed by atoms with van der Waals surface area (Å²) in [6.07, 6.45) is 8.61. The van der Waals surface area contributed by atoms with E-state index in [1.54, 1.807) is 18.2 Å². The minimum atomic E-state index is -0.918. The monoisotopic (exact) mass is 848 g/mol. The number of benzene rings is 1. The summed E-state index contributed by atoms with van der Waals surface area (Å²) >= 11 is 0. The van der Waals surface area contributed by atoms with Crippen molar-refractivity contribution in [3.63, 3.8) is 0 Å². The van der Waals surface area contributed by atoms with E-state index in [9.17, 15) is 33.9 Å². The van der Waals surface area contributed by atoms with E-state index in [1.807, 2.05) is 13.8 Å². The van der Waals surface area contributed by atoms with Gasteiger partial charge < -0.3 is 34.7 Å². The number of hydrogen-bond acceptors (Lipinski definition) is 14. The molecule has 2 saturated heterocycles. The number of carbonyl (C=O) groups excluding carboxylic acids is 5. The van der Waals surface area contributed by atoms with Crippen LogP contribution in [0.25, 0.3) is 10.9 Å². The topological polar surface area (TPSA) is 226 Å². The van der Waals surface area contributed by atoms with E-state index >= 15 is 0 Å². The van der Waals surface area contributed by atoms with Gasteiger partial charge in [-0.2, -0.15) is 4.68 Å². The molecule has 4 aliphatic rings. The second kappa shape index (κ2) is 20.7. The molecule has 2 fully saturated rings. The molecule has 1 unspecified atom stereocenters. The number of cyclic esters (lactones) is 1. The normalized spacial score (nSPS) is 26.5. The van der Waals surface area contributed by atoms with Crippen molar-refractivity contribution in [2.24, 2.45) is 29.1 Å². The number of aromatic nitrogens is 3. The van der Waals surface area contributed by atoms with E-state index in [0.29, 0.717) is 69.8 Å². The number of aliphatic hydroxyl groups is 1. The maximum absolute atomic E-state index is 13.7. The van der Waals surface area contributed by atoms with Crippen molar-refractivity contribution in [1.82, 2.24) is 25.6 Å². The van der Waals surface area contributed by atoms with Crippen LogP contribution >= 0.6 is 0 Å². The van der Waals surface area contributed by atoms with E-state index in [-0.39, 0.29) is 97.3 Å². The fourth-order valence-corrected chi connectivity index (χ4v) is 8.76. The van der Waals surface area contributed by atoms with Crippen LogP contribution in [0.5, 0.6) is 0 Å². The van der Waals surface area contributed by atoms with Crippen molar-refractivity contribution in [2.75, 3.05) is 44.8 Å². The zero-order valence-corrected chi connectivity index (χ0v) is 35.6. The fourth-order valence-electron chi connectivity index (χ4n) is 8.76. The largest absolute Gasteiger partial charge is 0.462 e. The first-order valence-corrected chi connectivity index (χ1v) is 21.6. The number of hydrogen-bond donors (Lipinski definition) is 4. The lowest BCUT2D eigenvalue weighted by Crippen LogP contribution is -2.45. The number of esters is 2. The molecule has 0 saturated carbocycles. The Balaban J connectivity index is 0.870. The number of carbonyl (C=O) groups is 5. The van der Waals surface area contributed by atoms with Gasteiger partial charge in [0, 0.05) is 44.0 Å². The molecule has 0 spiro atoms. The van der Waals surface area contributed by atoms with Gasteiger partial charge in [-0.1, -0.05) is 43.4 Å². The summed E-state index contributed by atoms with van der Waals surface area (Å²) in [6.45, 7) is 9.80. The molecule has 4 N–H and O–H groups in total. The molecule has 2 aliphatic carbocycles. The van der Waals surface area contributed by atoms with Crippen molar-refractivity contribution < 1.29 is 48.0 Å². The Kier molecular flexibility index (Phi) is 15.5. The molecular weight excluding hydrogens is 789 g/mol. The van der Waals surface area contributed by atoms with Crippen LogP contribution in [0, 0.1) is 29.1 Å². The molecule has 0 radical (unpaired) electrons. The Morgan fingerprint density at radius 2 is 1.80 bits per heavy atom. The number of ether oxygens (including phenoxy) is 4. The minimum Gasteiger partial charge on any atom is -0.462 e. The molecule has 332 valence electrons. The third-order valence-electron chi connectivity index (χ3n) is 12.2. The number of imide groups is 1. The predicted octanol–water partition coefficient (Wildman–Crippen LogP) is 3.30. The molecule has 61 heavy (non-hydrogen) atoms. The molecule has 17 heteroatoms. The van der Waals surface area contributed by atoms with Crippen LogP contribution in [-0.2, 0) is 42.9 Å². The Labute approximate surface area is 355 Å². The third-order valence-corrected chi connectivity index (χ3v) is 12.2. The lowest BCUT2D eigenvalue weighted by molar-refractivity contribution is -0.166. The highest BCUT2D eigenvalue weighted by atomic mass is 16.6. The molecule has 0 bridgehead atoms. The molecule has 2 aromatic rings. The summed E-state index contributed by atoms with van der Waals surface area (Å²) in [5.74, 6) is -1.21. The van der Waals surface area contributed by atoms with Gasteiger partial charge in [-0.15, -0.1) is 5.10 Å². The quantitative estimate of drug-likeness (QED) is 0.0905. The summed E-state index contributed by atoms with van der Waals surface area (Å²) in [4.78, 5) is 75.6. The highest BCUT2D eigenvalue weighted by molar-refractivity contribution is 5.99. The minimum absolute atomic E-state index is 0.00695. The Morgan fingerprint density at radius 1 is 1.03 bits per heavy atom. The highest BCUT2D eigenvalue weighted by Crippen LogP contribution is 2.46. The molecule has 3 heterocycles. The number of amides is 3. The van der Waals surface area contributed by atoms with Gasteiger partial charge in [-0.3, -0.25) is 34.1 Å². The summed E-state index contributed by atoms with van der Waals surface area (Å²) in [6, 6.07) is 4.21. The average Bonchev–Trinajstić information content (AvgIpc) is 3.20. The first-order chi connectivity index (χ1) is 29.2. The van der Waals surface area contributed by atoms with Crippen molar-refractivity contribution in [2.45, 2.75) is 110 Å². The second-order valence-corrected chi connectivity index (χ2v) is 17.4. The number of anilines is 1. The molecule has 2 aliphatic heterocycles. The molecule has 3 amide bonds. The van der Waals surface area contributed by atoms with Crippen molar-refractivity contribution >= 4 is 46.3 Å². The molecule has 17 nitrogen and oxygen atoms in total. The molecule has 8 atom stereocenters. The van der Waals surface area contributed by atoms with Crippen LogP contribution < -0.4 is 21.5 Å². The third kappa shape index (κ3) is 11.9. The molecule has 1 aromatic heterocycles. The van der Waals surface area contributed by atoms with Gasteiger partial charge in [-0.05, 0) is 81.4 Å². The predicted molar refractivity (Wildman–Crippen MR) is 223 cm³/mol. The second-order valence-electron chi connectivity index (χ2n) is 17.4. The number of piperidine rings is 1. The number of allylic oxidation sites excluding steroid dienone is 3. The summed E-state index contributed by atoms with van der Waals surface area (Å²) in [5.41, 5.74) is 0.679. The van der Waals surface area contributed by atoms with E-state index in [4.69, 9.17) is 18.9 Å². The Bertz CT molecular complexity index is 2050. The smallest absolute Gasteiger partial charge is 0.311 e. The standard InChI is InChI=1S/C44H60N6O11/c1-26-22-28-9-8-27(2)31(11-10-30-24-29(51)25-38(54)60-30)39(28)35(23-26)61-43(57)44(3,4)15-14-36(52)46-17-19-59-21-20-58-18-16-45-32-6-5-7-33-40(32)42(56)50(49-48-33)34-12-13-37(53)47-41(34)55/h5-9,22,26-27,29-31,34-35,39,45,51H,10-21,23-25H2,1-4H3,(H,46,52)(H,47,53,55)/t26-,27-,29+,30+,31-,34?,35-,39-/m0/s1. The fraction of sp³-hybridized carbons (Fsp3) is 0.636. The average molecular weight is 849 g/mol. The van der Waals surface area contributed by atoms with Crippen LogP contribution in [0.15, 0.2) is 46.8 Å². The summed E-state index contributed by atoms with van der Waals surface area (Å²) < 4.78 is 24.2. The van der Waals surface area contributed by atoms with Crippen LogP contribution in [0.2, 0.25) is 0 Å². The number of nitrogens with one attached hydrogen (secondary N) is 3. The van der Waals surface area contributed by atoms with Gasteiger partial charge >= 0.3 is 11.9 Å². The lowest BCUT2D eigenvalue weighted by Gasteiger charge is -2.44. The first kappa shape index (κ1) is 45.5. The van der Waals surface area contributed by atoms with E-state index in [1.165, 1.54) is 5.57 Å². The molecule has 6 rings (SSSR count). The van der Waals surface area contributed by atoms with E-state index in [2.05, 4.69) is 58.3 Å². The van der Waals surface area contributed by atoms with Gasteiger partial charge in [0.05, 0.1) is 49.8 Å². The SMILES string of the molecule is C[C@H]1C=C2C=C[C@H](C)[C@H](CC[C@@H]3C[C@@H](O)CC(=O)O3)[C@H]2[C@@H](OC(=O)C(C)(C)CCC(=O)NCCOCCOCCNc2cccc3nnn(C4CCC(=O)NC4=O)c(=O)c23)C1. The molecule has 1 aromatic carbocycles. The van der Waals surface area contributed by atoms with Gasteiger partial charge in [0.15, 0.2) is 0 Å². The van der Waals surface area contributed by atoms with Crippen molar-refractivity contribution in [3.8, 4) is 0 Å². The van der Waals surface area contributed by atoms with Gasteiger partial charge in [0.2, 0.25) is 11.8 Å². The van der Waals surface area contributed by atoms with Crippen molar-refractivity contribution in [3.05, 3.63) is 52.4 Å². The Hall–Kier alpha value is -5.00. The van der Waals surface area contributed by atoms with Crippen molar-refractivity contribution in [1.29, 1.82) is 0 Å². The molecular formula is C44H60N6O11. The van der Waals surface area contributed by atoms with Gasteiger partial charge in [0.25, 0.3) is 11.5 Å². The summed E-state index contributed by atoms with van der Waals surface area (Å²) in [7, 11) is 0. The van der Waals surface area contributed by atoms with Crippen LogP contribution in [0.4, 0.5) is 5.69 Å². The van der Waals surface area contributed by atoms with E-state index < -0.39 is 29.0 Å². The Morgan fingerprint density at radius 3 is 2.56 bits per heavy atom. The van der Waals surface area contributed by atoms with Gasteiger partial charge in [-0.25, -0.2) is 0 Å². The van der Waals surface area contributed by atoms with Crippen LogP contribution in [-0.4, -0.2) is 108 Å². The number of fused-ring (bicyclic) bond motifs is 2. The highest BCUT2D eigenvalue weighted by Gasteiger charge is 2.43. The number of aliphatic hydroxyl groups excluding tert-OH is 1.